The first-order chi connectivity index (χ1) is 22.7. The Labute approximate surface area is 289 Å². The zero-order valence-corrected chi connectivity index (χ0v) is 29.8. The van der Waals surface area contributed by atoms with E-state index in [1.165, 1.54) is 49.5 Å². The number of halogens is 2. The van der Waals surface area contributed by atoms with Crippen LogP contribution < -0.4 is 19.1 Å². The summed E-state index contributed by atoms with van der Waals surface area (Å²) in [6.07, 6.45) is 0.168. The van der Waals surface area contributed by atoms with Crippen molar-refractivity contribution in [3.05, 3.63) is 118 Å². The van der Waals surface area contributed by atoms with Crippen LogP contribution in [0, 0.1) is 5.82 Å². The summed E-state index contributed by atoms with van der Waals surface area (Å²) in [5.74, 6) is -1.14. The van der Waals surface area contributed by atoms with Crippen LogP contribution in [-0.4, -0.2) is 57.5 Å². The first-order valence-corrected chi connectivity index (χ1v) is 17.4. The van der Waals surface area contributed by atoms with Gasteiger partial charge in [0.25, 0.3) is 10.0 Å². The SMILES string of the molecule is COc1ccc(S(=O)(=O)N(CC(=O)N(Cc2cccc(Br)c2)C(Cc2ccccc2)C(=O)NC(C)(C)C)c2ccc(F)cc2)cc1OC. The molecule has 0 aromatic heterocycles. The first kappa shape index (κ1) is 36.4. The number of hydrogen-bond acceptors (Lipinski definition) is 6. The Morgan fingerprint density at radius 1 is 0.854 bits per heavy atom. The Hall–Kier alpha value is -4.42. The lowest BCUT2D eigenvalue weighted by molar-refractivity contribution is -0.140. The fourth-order valence-corrected chi connectivity index (χ4v) is 6.96. The Morgan fingerprint density at radius 2 is 1.50 bits per heavy atom. The number of nitrogens with zero attached hydrogens (tertiary/aromatic N) is 2. The van der Waals surface area contributed by atoms with Gasteiger partial charge in [-0.3, -0.25) is 13.9 Å². The maximum absolute atomic E-state index is 14.6. The monoisotopic (exact) mass is 739 g/mol. The normalized spacial score (nSPS) is 12.1. The molecule has 4 aromatic rings. The van der Waals surface area contributed by atoms with Crippen molar-refractivity contribution < 1.29 is 31.9 Å². The van der Waals surface area contributed by atoms with Crippen LogP contribution in [0.1, 0.15) is 31.9 Å². The van der Waals surface area contributed by atoms with Gasteiger partial charge in [0.15, 0.2) is 11.5 Å². The molecule has 48 heavy (non-hydrogen) atoms. The predicted molar refractivity (Wildman–Crippen MR) is 187 cm³/mol. The standard InChI is InChI=1S/C36H39BrFN3O6S/c1-36(2,3)39-35(43)31(21-25-10-7-6-8-11-25)40(23-26-12-9-13-27(37)20-26)34(42)24-41(29-16-14-28(38)15-17-29)48(44,45)30-18-19-32(46-4)33(22-30)47-5/h6-20,22,31H,21,23-24H2,1-5H3,(H,39,43). The second kappa shape index (κ2) is 15.7. The summed E-state index contributed by atoms with van der Waals surface area (Å²) in [5.41, 5.74) is 0.969. The lowest BCUT2D eigenvalue weighted by atomic mass is 10.0. The number of rotatable bonds is 13. The summed E-state index contributed by atoms with van der Waals surface area (Å²) in [6, 6.07) is 24.5. The number of benzene rings is 4. The molecule has 9 nitrogen and oxygen atoms in total. The third-order valence-corrected chi connectivity index (χ3v) is 9.61. The van der Waals surface area contributed by atoms with Gasteiger partial charge in [0.05, 0.1) is 24.8 Å². The van der Waals surface area contributed by atoms with Crippen molar-refractivity contribution in [3.8, 4) is 11.5 Å². The van der Waals surface area contributed by atoms with Gasteiger partial charge in [-0.05, 0) is 80.4 Å². The molecular weight excluding hydrogens is 701 g/mol. The highest BCUT2D eigenvalue weighted by Gasteiger charge is 2.36. The molecule has 0 spiro atoms. The minimum Gasteiger partial charge on any atom is -0.493 e. The van der Waals surface area contributed by atoms with E-state index in [0.29, 0.717) is 5.75 Å². The van der Waals surface area contributed by atoms with Crippen molar-refractivity contribution in [2.75, 3.05) is 25.1 Å². The van der Waals surface area contributed by atoms with Gasteiger partial charge in [0, 0.05) is 29.0 Å². The zero-order chi connectivity index (χ0) is 35.1. The molecule has 0 saturated carbocycles. The molecule has 1 N–H and O–H groups in total. The van der Waals surface area contributed by atoms with E-state index < -0.39 is 45.8 Å². The Morgan fingerprint density at radius 3 is 2.10 bits per heavy atom. The van der Waals surface area contributed by atoms with Crippen LogP contribution in [0.4, 0.5) is 10.1 Å². The van der Waals surface area contributed by atoms with Gasteiger partial charge in [-0.2, -0.15) is 0 Å². The highest BCUT2D eigenvalue weighted by molar-refractivity contribution is 9.10. The quantitative estimate of drug-likeness (QED) is 0.171. The minimum atomic E-state index is -4.45. The van der Waals surface area contributed by atoms with Crippen molar-refractivity contribution in [2.24, 2.45) is 0 Å². The molecule has 0 aliphatic rings. The van der Waals surface area contributed by atoms with Crippen molar-refractivity contribution in [1.82, 2.24) is 10.2 Å². The Bertz CT molecular complexity index is 1830. The number of anilines is 1. The number of amides is 2. The summed E-state index contributed by atoms with van der Waals surface area (Å²) in [7, 11) is -1.64. The fraction of sp³-hybridized carbons (Fsp3) is 0.278. The zero-order valence-electron chi connectivity index (χ0n) is 27.4. The highest BCUT2D eigenvalue weighted by Crippen LogP contribution is 2.32. The van der Waals surface area contributed by atoms with Crippen molar-refractivity contribution in [2.45, 2.75) is 50.2 Å². The maximum Gasteiger partial charge on any atom is 0.264 e. The van der Waals surface area contributed by atoms with E-state index in [4.69, 9.17) is 9.47 Å². The number of sulfonamides is 1. The van der Waals surface area contributed by atoms with Crippen LogP contribution in [0.5, 0.6) is 11.5 Å². The second-order valence-corrected chi connectivity index (χ2v) is 14.9. The Kier molecular flexibility index (Phi) is 11.9. The molecule has 0 aliphatic heterocycles. The summed E-state index contributed by atoms with van der Waals surface area (Å²) in [4.78, 5) is 29.8. The molecule has 12 heteroatoms. The van der Waals surface area contributed by atoms with E-state index in [1.807, 2.05) is 75.4 Å². The van der Waals surface area contributed by atoms with Crippen molar-refractivity contribution in [3.63, 3.8) is 0 Å². The molecule has 4 aromatic carbocycles. The van der Waals surface area contributed by atoms with Crippen molar-refractivity contribution >= 4 is 43.5 Å². The minimum absolute atomic E-state index is 0.000993. The maximum atomic E-state index is 14.6. The summed E-state index contributed by atoms with van der Waals surface area (Å²) in [6.45, 7) is 4.84. The molecule has 1 atom stereocenters. The first-order valence-electron chi connectivity index (χ1n) is 15.1. The van der Waals surface area contributed by atoms with Gasteiger partial charge in [-0.25, -0.2) is 12.8 Å². The number of ether oxygens (including phenoxy) is 2. The number of hydrogen-bond donors (Lipinski definition) is 1. The molecular formula is C36H39BrFN3O6S. The Balaban J connectivity index is 1.84. The van der Waals surface area contributed by atoms with E-state index in [1.54, 1.807) is 0 Å². The van der Waals surface area contributed by atoms with Gasteiger partial charge >= 0.3 is 0 Å². The molecule has 4 rings (SSSR count). The topological polar surface area (TPSA) is 105 Å². The number of carbonyl (C=O) groups excluding carboxylic acids is 2. The average Bonchev–Trinajstić information content (AvgIpc) is 3.04. The van der Waals surface area contributed by atoms with Gasteiger partial charge < -0.3 is 19.7 Å². The molecule has 254 valence electrons. The van der Waals surface area contributed by atoms with Crippen molar-refractivity contribution in [1.29, 1.82) is 0 Å². The molecule has 0 heterocycles. The predicted octanol–water partition coefficient (Wildman–Crippen LogP) is 6.36. The summed E-state index contributed by atoms with van der Waals surface area (Å²) >= 11 is 3.48. The number of carbonyl (C=O) groups is 2. The largest absolute Gasteiger partial charge is 0.493 e. The molecule has 0 saturated heterocycles. The van der Waals surface area contributed by atoms with Gasteiger partial charge in [0.1, 0.15) is 18.4 Å². The molecule has 0 fully saturated rings. The van der Waals surface area contributed by atoms with E-state index in [9.17, 15) is 22.4 Å². The van der Waals surface area contributed by atoms with Crippen LogP contribution in [-0.2, 0) is 32.6 Å². The smallest absolute Gasteiger partial charge is 0.264 e. The van der Waals surface area contributed by atoms with Crippen LogP contribution in [0.25, 0.3) is 0 Å². The summed E-state index contributed by atoms with van der Waals surface area (Å²) in [5, 5.41) is 3.00. The molecule has 2 amide bonds. The lowest BCUT2D eigenvalue weighted by Crippen LogP contribution is -2.56. The van der Waals surface area contributed by atoms with Crippen LogP contribution in [0.15, 0.2) is 106 Å². The highest BCUT2D eigenvalue weighted by atomic mass is 79.9. The van der Waals surface area contributed by atoms with E-state index in [0.717, 1.165) is 32.0 Å². The summed E-state index contributed by atoms with van der Waals surface area (Å²) < 4.78 is 55.0. The molecule has 0 bridgehead atoms. The third-order valence-electron chi connectivity index (χ3n) is 7.35. The van der Waals surface area contributed by atoms with Crippen LogP contribution in [0.3, 0.4) is 0 Å². The second-order valence-electron chi connectivity index (χ2n) is 12.1. The molecule has 1 unspecified atom stereocenters. The van der Waals surface area contributed by atoms with E-state index in [-0.39, 0.29) is 29.3 Å². The molecule has 0 aliphatic carbocycles. The van der Waals surface area contributed by atoms with E-state index >= 15 is 0 Å². The fourth-order valence-electron chi connectivity index (χ4n) is 5.08. The van der Waals surface area contributed by atoms with Gasteiger partial charge in [-0.15, -0.1) is 0 Å². The van der Waals surface area contributed by atoms with Crippen LogP contribution >= 0.6 is 15.9 Å². The number of methoxy groups -OCH3 is 2. The van der Waals surface area contributed by atoms with E-state index in [2.05, 4.69) is 21.2 Å². The van der Waals surface area contributed by atoms with Crippen LogP contribution in [0.2, 0.25) is 0 Å². The van der Waals surface area contributed by atoms with Gasteiger partial charge in [-0.1, -0.05) is 58.4 Å². The average molecular weight is 741 g/mol. The number of nitrogens with one attached hydrogen (secondary N) is 1. The van der Waals surface area contributed by atoms with Gasteiger partial charge in [0.2, 0.25) is 11.8 Å². The molecule has 0 radical (unpaired) electrons. The third kappa shape index (κ3) is 9.35. The lowest BCUT2D eigenvalue weighted by Gasteiger charge is -2.35.